The summed E-state index contributed by atoms with van der Waals surface area (Å²) in [5, 5.41) is 4.81. The third-order valence-corrected chi connectivity index (χ3v) is 3.64. The van der Waals surface area contributed by atoms with Gasteiger partial charge in [-0.2, -0.15) is 0 Å². The molecular weight excluding hydrogens is 220 g/mol. The number of nitrogens with zero attached hydrogens (tertiary/aromatic N) is 1. The first-order chi connectivity index (χ1) is 8.83. The van der Waals surface area contributed by atoms with E-state index in [9.17, 15) is 0 Å². The summed E-state index contributed by atoms with van der Waals surface area (Å²) in [6.45, 7) is 3.02. The second kappa shape index (κ2) is 3.39. The Hall–Kier alpha value is -2.22. The van der Waals surface area contributed by atoms with Crippen LogP contribution in [0, 0.1) is 6.92 Å². The molecule has 1 N–H and O–H groups in total. The van der Waals surface area contributed by atoms with Gasteiger partial charge in [0.2, 0.25) is 0 Å². The smallest absolute Gasteiger partial charge is 0.0691 e. The van der Waals surface area contributed by atoms with E-state index < -0.39 is 0 Å². The van der Waals surface area contributed by atoms with Gasteiger partial charge >= 0.3 is 0 Å². The molecule has 0 unspecified atom stereocenters. The molecule has 2 aromatic carbocycles. The summed E-state index contributed by atoms with van der Waals surface area (Å²) in [6.07, 6.45) is 0. The molecule has 1 aliphatic heterocycles. The quantitative estimate of drug-likeness (QED) is 0.625. The van der Waals surface area contributed by atoms with Gasteiger partial charge in [-0.3, -0.25) is 0 Å². The first-order valence-corrected chi connectivity index (χ1v) is 6.27. The van der Waals surface area contributed by atoms with Gasteiger partial charge in [-0.05, 0) is 36.8 Å². The topological polar surface area (TPSA) is 17.0 Å². The lowest BCUT2D eigenvalue weighted by atomic mass is 10.1. The molecule has 0 radical (unpaired) electrons. The lowest BCUT2D eigenvalue weighted by molar-refractivity contribution is 0.929. The first kappa shape index (κ1) is 9.77. The van der Waals surface area contributed by atoms with Crippen LogP contribution in [0.4, 0.5) is 5.69 Å². The fourth-order valence-corrected chi connectivity index (χ4v) is 2.80. The Morgan fingerprint density at radius 3 is 2.89 bits per heavy atom. The van der Waals surface area contributed by atoms with Crippen LogP contribution in [0.15, 0.2) is 48.5 Å². The number of para-hydroxylation sites is 1. The molecule has 2 nitrogen and oxygen atoms in total. The Bertz CT molecular complexity index is 753. The molecule has 1 aromatic heterocycles. The van der Waals surface area contributed by atoms with Crippen LogP contribution in [0.5, 0.6) is 0 Å². The van der Waals surface area contributed by atoms with Gasteiger partial charge in [0.05, 0.1) is 23.4 Å². The van der Waals surface area contributed by atoms with Crippen molar-refractivity contribution in [2.24, 2.45) is 0 Å². The average Bonchev–Trinajstić information content (AvgIpc) is 2.77. The fourth-order valence-electron chi connectivity index (χ4n) is 2.80. The number of hydrogen-bond donors (Lipinski definition) is 1. The van der Waals surface area contributed by atoms with Crippen molar-refractivity contribution in [3.63, 3.8) is 0 Å². The lowest BCUT2D eigenvalue weighted by Gasteiger charge is -2.22. The number of anilines is 1. The standard InChI is InChI=1S/C16H14N2/c1-11-6-7-16-14(8-11)17-10-13-9-12-4-2-3-5-15(12)18(13)16/h2-9,17H,10H2,1H3. The zero-order chi connectivity index (χ0) is 12.1. The summed E-state index contributed by atoms with van der Waals surface area (Å²) in [4.78, 5) is 0. The molecule has 4 rings (SSSR count). The van der Waals surface area contributed by atoms with Gasteiger partial charge in [0.15, 0.2) is 0 Å². The minimum absolute atomic E-state index is 0.894. The van der Waals surface area contributed by atoms with Crippen LogP contribution in [0.2, 0.25) is 0 Å². The van der Waals surface area contributed by atoms with Crippen molar-refractivity contribution in [1.82, 2.24) is 4.57 Å². The summed E-state index contributed by atoms with van der Waals surface area (Å²) in [5.74, 6) is 0. The summed E-state index contributed by atoms with van der Waals surface area (Å²) in [5.41, 5.74) is 6.39. The SMILES string of the molecule is Cc1ccc2c(c1)NCc1cc3ccccc3n1-2. The van der Waals surface area contributed by atoms with E-state index in [0.29, 0.717) is 0 Å². The summed E-state index contributed by atoms with van der Waals surface area (Å²) >= 11 is 0. The molecule has 0 spiro atoms. The number of rotatable bonds is 0. The molecule has 1 aliphatic rings. The average molecular weight is 234 g/mol. The van der Waals surface area contributed by atoms with Gasteiger partial charge in [0.1, 0.15) is 0 Å². The fraction of sp³-hybridized carbons (Fsp3) is 0.125. The molecule has 0 atom stereocenters. The molecule has 0 saturated carbocycles. The summed E-state index contributed by atoms with van der Waals surface area (Å²) < 4.78 is 2.36. The second-order valence-corrected chi connectivity index (χ2v) is 4.90. The van der Waals surface area contributed by atoms with Crippen LogP contribution in [-0.4, -0.2) is 4.57 Å². The highest BCUT2D eigenvalue weighted by molar-refractivity contribution is 5.86. The molecule has 0 bridgehead atoms. The Balaban J connectivity index is 2.10. The maximum absolute atomic E-state index is 3.50. The van der Waals surface area contributed by atoms with Crippen LogP contribution in [-0.2, 0) is 6.54 Å². The molecular formula is C16H14N2. The van der Waals surface area contributed by atoms with Crippen LogP contribution in [0.1, 0.15) is 11.3 Å². The number of nitrogens with one attached hydrogen (secondary N) is 1. The molecule has 0 amide bonds. The highest BCUT2D eigenvalue weighted by atomic mass is 15.1. The number of hydrogen-bond acceptors (Lipinski definition) is 1. The largest absolute Gasteiger partial charge is 0.378 e. The van der Waals surface area contributed by atoms with Crippen molar-refractivity contribution in [1.29, 1.82) is 0 Å². The third-order valence-electron chi connectivity index (χ3n) is 3.64. The van der Waals surface area contributed by atoms with Crippen molar-refractivity contribution >= 4 is 16.6 Å². The number of benzene rings is 2. The Morgan fingerprint density at radius 2 is 1.94 bits per heavy atom. The number of aryl methyl sites for hydroxylation is 1. The second-order valence-electron chi connectivity index (χ2n) is 4.90. The van der Waals surface area contributed by atoms with Crippen LogP contribution in [0.3, 0.4) is 0 Å². The van der Waals surface area contributed by atoms with E-state index >= 15 is 0 Å². The van der Waals surface area contributed by atoms with E-state index in [0.717, 1.165) is 6.54 Å². The highest BCUT2D eigenvalue weighted by Gasteiger charge is 2.17. The van der Waals surface area contributed by atoms with E-state index in [4.69, 9.17) is 0 Å². The van der Waals surface area contributed by atoms with Crippen molar-refractivity contribution in [3.8, 4) is 5.69 Å². The van der Waals surface area contributed by atoms with Crippen LogP contribution in [0.25, 0.3) is 16.6 Å². The van der Waals surface area contributed by atoms with Crippen molar-refractivity contribution in [2.75, 3.05) is 5.32 Å². The van der Waals surface area contributed by atoms with Crippen LogP contribution < -0.4 is 5.32 Å². The van der Waals surface area contributed by atoms with Crippen molar-refractivity contribution < 1.29 is 0 Å². The van der Waals surface area contributed by atoms with Gasteiger partial charge in [-0.15, -0.1) is 0 Å². The molecule has 2 heterocycles. The Morgan fingerprint density at radius 1 is 1.06 bits per heavy atom. The maximum Gasteiger partial charge on any atom is 0.0691 e. The molecule has 0 saturated heterocycles. The van der Waals surface area contributed by atoms with Gasteiger partial charge in [-0.1, -0.05) is 24.3 Å². The lowest BCUT2D eigenvalue weighted by Crippen LogP contribution is -2.14. The van der Waals surface area contributed by atoms with E-state index in [1.807, 2.05) is 0 Å². The van der Waals surface area contributed by atoms with Gasteiger partial charge < -0.3 is 9.88 Å². The van der Waals surface area contributed by atoms with Crippen LogP contribution >= 0.6 is 0 Å². The predicted molar refractivity (Wildman–Crippen MR) is 75.3 cm³/mol. The first-order valence-electron chi connectivity index (χ1n) is 6.27. The predicted octanol–water partition coefficient (Wildman–Crippen LogP) is 3.86. The Kier molecular flexibility index (Phi) is 1.84. The third kappa shape index (κ3) is 1.23. The zero-order valence-electron chi connectivity index (χ0n) is 10.3. The van der Waals surface area contributed by atoms with E-state index in [2.05, 4.69) is 65.3 Å². The molecule has 2 heteroatoms. The van der Waals surface area contributed by atoms with Gasteiger partial charge in [0, 0.05) is 11.1 Å². The normalized spacial score (nSPS) is 12.9. The van der Waals surface area contributed by atoms with E-state index in [-0.39, 0.29) is 0 Å². The zero-order valence-corrected chi connectivity index (χ0v) is 10.3. The van der Waals surface area contributed by atoms with E-state index in [1.54, 1.807) is 0 Å². The number of aromatic nitrogens is 1. The molecule has 88 valence electrons. The highest BCUT2D eigenvalue weighted by Crippen LogP contribution is 2.33. The van der Waals surface area contributed by atoms with Crippen molar-refractivity contribution in [2.45, 2.75) is 13.5 Å². The van der Waals surface area contributed by atoms with E-state index in [1.165, 1.54) is 33.5 Å². The molecule has 0 fully saturated rings. The molecule has 3 aromatic rings. The summed E-state index contributed by atoms with van der Waals surface area (Å²) in [7, 11) is 0. The maximum atomic E-state index is 3.50. The van der Waals surface area contributed by atoms with Gasteiger partial charge in [0.25, 0.3) is 0 Å². The molecule has 18 heavy (non-hydrogen) atoms. The Labute approximate surface area is 106 Å². The minimum Gasteiger partial charge on any atom is -0.378 e. The molecule has 0 aliphatic carbocycles. The monoisotopic (exact) mass is 234 g/mol. The van der Waals surface area contributed by atoms with Gasteiger partial charge in [-0.25, -0.2) is 0 Å². The summed E-state index contributed by atoms with van der Waals surface area (Å²) in [6, 6.07) is 17.4. The minimum atomic E-state index is 0.894. The number of fused-ring (bicyclic) bond motifs is 5. The van der Waals surface area contributed by atoms with Crippen molar-refractivity contribution in [3.05, 3.63) is 59.8 Å².